The van der Waals surface area contributed by atoms with Crippen molar-refractivity contribution in [3.8, 4) is 0 Å². The Morgan fingerprint density at radius 2 is 2.22 bits per heavy atom. The molecule has 94 valence electrons. The molecule has 0 amide bonds. The van der Waals surface area contributed by atoms with Gasteiger partial charge in [0.15, 0.2) is 0 Å². The summed E-state index contributed by atoms with van der Waals surface area (Å²) in [6, 6.07) is 9.15. The summed E-state index contributed by atoms with van der Waals surface area (Å²) in [4.78, 5) is 15.5. The van der Waals surface area contributed by atoms with Gasteiger partial charge in [0.1, 0.15) is 5.76 Å². The highest BCUT2D eigenvalue weighted by Crippen LogP contribution is 2.34. The molecule has 2 aromatic rings. The number of esters is 1. The van der Waals surface area contributed by atoms with Crippen LogP contribution in [-0.4, -0.2) is 18.1 Å². The lowest BCUT2D eigenvalue weighted by Crippen LogP contribution is -1.98. The van der Waals surface area contributed by atoms with Crippen LogP contribution in [0.25, 0.3) is 0 Å². The fourth-order valence-electron chi connectivity index (χ4n) is 1.44. The number of ether oxygens (including phenoxy) is 1. The first kappa shape index (κ1) is 12.7. The quantitative estimate of drug-likeness (QED) is 0.625. The van der Waals surface area contributed by atoms with Gasteiger partial charge in [0.25, 0.3) is 0 Å². The van der Waals surface area contributed by atoms with E-state index in [0.29, 0.717) is 0 Å². The zero-order valence-electron chi connectivity index (χ0n) is 10.1. The van der Waals surface area contributed by atoms with Gasteiger partial charge in [0.05, 0.1) is 17.4 Å². The van der Waals surface area contributed by atoms with E-state index in [0.717, 1.165) is 10.8 Å². The van der Waals surface area contributed by atoms with E-state index in [4.69, 9.17) is 4.42 Å². The van der Waals surface area contributed by atoms with Gasteiger partial charge in [-0.25, -0.2) is 9.78 Å². The van der Waals surface area contributed by atoms with Crippen LogP contribution in [0.5, 0.6) is 0 Å². The van der Waals surface area contributed by atoms with Crippen LogP contribution in [0.2, 0.25) is 0 Å². The Labute approximate surface area is 109 Å². The fraction of sp³-hybridized carbons (Fsp3) is 0.231. The topological polar surface area (TPSA) is 52.3 Å². The molecule has 1 unspecified atom stereocenters. The van der Waals surface area contributed by atoms with Crippen LogP contribution in [-0.2, 0) is 4.74 Å². The third-order valence-electron chi connectivity index (χ3n) is 2.35. The van der Waals surface area contributed by atoms with E-state index >= 15 is 0 Å². The number of methoxy groups -OCH3 is 1. The summed E-state index contributed by atoms with van der Waals surface area (Å²) in [5.74, 6) is 0.489. The lowest BCUT2D eigenvalue weighted by Gasteiger charge is -2.06. The Bertz CT molecular complexity index is 524. The molecular weight excluding hydrogens is 250 g/mol. The van der Waals surface area contributed by atoms with Crippen molar-refractivity contribution in [3.63, 3.8) is 0 Å². The van der Waals surface area contributed by atoms with Crippen LogP contribution >= 0.6 is 11.8 Å². The van der Waals surface area contributed by atoms with Crippen molar-refractivity contribution >= 4 is 17.7 Å². The van der Waals surface area contributed by atoms with E-state index in [1.165, 1.54) is 7.11 Å². The highest BCUT2D eigenvalue weighted by molar-refractivity contribution is 7.99. The number of nitrogens with zero attached hydrogens (tertiary/aromatic N) is 1. The monoisotopic (exact) mass is 263 g/mol. The summed E-state index contributed by atoms with van der Waals surface area (Å²) in [5.41, 5.74) is 0. The third kappa shape index (κ3) is 2.92. The van der Waals surface area contributed by atoms with Crippen molar-refractivity contribution in [3.05, 3.63) is 48.0 Å². The number of hydrogen-bond donors (Lipinski definition) is 0. The summed E-state index contributed by atoms with van der Waals surface area (Å²) in [6.45, 7) is 2.00. The molecule has 0 bridgehead atoms. The average molecular weight is 263 g/mol. The predicted octanol–water partition coefficient (Wildman–Crippen LogP) is 3.31. The number of aromatic nitrogens is 1. The Balaban J connectivity index is 2.07. The summed E-state index contributed by atoms with van der Waals surface area (Å²) < 4.78 is 10.0. The maximum atomic E-state index is 11.3. The van der Waals surface area contributed by atoms with Gasteiger partial charge in [0, 0.05) is 6.20 Å². The maximum Gasteiger partial charge on any atom is 0.373 e. The molecule has 4 nitrogen and oxygen atoms in total. The van der Waals surface area contributed by atoms with Crippen molar-refractivity contribution in [1.29, 1.82) is 0 Å². The normalized spacial score (nSPS) is 12.1. The standard InChI is InChI=1S/C13H13NO3S/c1-9(18-12-5-3-4-8-14-12)10-6-7-11(17-10)13(15)16-2/h3-9H,1-2H3. The number of carbonyl (C=O) groups excluding carboxylic acids is 1. The maximum absolute atomic E-state index is 11.3. The lowest BCUT2D eigenvalue weighted by atomic mass is 10.3. The smallest absolute Gasteiger partial charge is 0.373 e. The molecule has 2 heterocycles. The number of thioether (sulfide) groups is 1. The lowest BCUT2D eigenvalue weighted by molar-refractivity contribution is 0.0563. The molecule has 18 heavy (non-hydrogen) atoms. The molecule has 1 atom stereocenters. The number of hydrogen-bond acceptors (Lipinski definition) is 5. The van der Waals surface area contributed by atoms with E-state index in [9.17, 15) is 4.79 Å². The van der Waals surface area contributed by atoms with Crippen molar-refractivity contribution < 1.29 is 13.9 Å². The third-order valence-corrected chi connectivity index (χ3v) is 3.42. The number of carbonyl (C=O) groups is 1. The number of rotatable bonds is 4. The molecule has 0 saturated carbocycles. The van der Waals surface area contributed by atoms with Gasteiger partial charge in [-0.1, -0.05) is 17.8 Å². The highest BCUT2D eigenvalue weighted by Gasteiger charge is 2.16. The van der Waals surface area contributed by atoms with Gasteiger partial charge in [-0.2, -0.15) is 0 Å². The first-order valence-electron chi connectivity index (χ1n) is 5.46. The van der Waals surface area contributed by atoms with Crippen LogP contribution in [0, 0.1) is 0 Å². The summed E-state index contributed by atoms with van der Waals surface area (Å²) >= 11 is 1.57. The minimum absolute atomic E-state index is 0.0818. The minimum Gasteiger partial charge on any atom is -0.463 e. The molecule has 0 N–H and O–H groups in total. The van der Waals surface area contributed by atoms with Crippen LogP contribution in [0.15, 0.2) is 46.0 Å². The van der Waals surface area contributed by atoms with Crippen molar-refractivity contribution in [1.82, 2.24) is 4.98 Å². The van der Waals surface area contributed by atoms with Gasteiger partial charge in [-0.3, -0.25) is 0 Å². The molecule has 0 fully saturated rings. The molecule has 0 spiro atoms. The number of furan rings is 1. The second kappa shape index (κ2) is 5.73. The molecule has 0 saturated heterocycles. The Hall–Kier alpha value is -1.75. The summed E-state index contributed by atoms with van der Waals surface area (Å²) in [7, 11) is 1.33. The van der Waals surface area contributed by atoms with Crippen molar-refractivity contribution in [2.24, 2.45) is 0 Å². The van der Waals surface area contributed by atoms with E-state index in [2.05, 4.69) is 9.72 Å². The predicted molar refractivity (Wildman–Crippen MR) is 68.6 cm³/mol. The first-order chi connectivity index (χ1) is 8.70. The SMILES string of the molecule is COC(=O)c1ccc(C(C)Sc2ccccn2)o1. The fourth-order valence-corrected chi connectivity index (χ4v) is 2.32. The average Bonchev–Trinajstić information content (AvgIpc) is 2.88. The molecule has 0 aromatic carbocycles. The number of pyridine rings is 1. The summed E-state index contributed by atoms with van der Waals surface area (Å²) in [6.07, 6.45) is 1.75. The van der Waals surface area contributed by atoms with Crippen LogP contribution in [0.4, 0.5) is 0 Å². The highest BCUT2D eigenvalue weighted by atomic mass is 32.2. The van der Waals surface area contributed by atoms with Gasteiger partial charge in [-0.15, -0.1) is 0 Å². The van der Waals surface area contributed by atoms with Gasteiger partial charge < -0.3 is 9.15 Å². The Morgan fingerprint density at radius 1 is 1.39 bits per heavy atom. The van der Waals surface area contributed by atoms with E-state index in [1.54, 1.807) is 30.1 Å². The minimum atomic E-state index is -0.462. The van der Waals surface area contributed by atoms with Gasteiger partial charge >= 0.3 is 5.97 Å². The largest absolute Gasteiger partial charge is 0.463 e. The molecule has 0 radical (unpaired) electrons. The molecule has 0 aliphatic carbocycles. The van der Waals surface area contributed by atoms with Crippen LogP contribution in [0.3, 0.4) is 0 Å². The van der Waals surface area contributed by atoms with Crippen LogP contribution < -0.4 is 0 Å². The van der Waals surface area contributed by atoms with Gasteiger partial charge in [-0.05, 0) is 31.2 Å². The van der Waals surface area contributed by atoms with E-state index in [-0.39, 0.29) is 11.0 Å². The molecular formula is C13H13NO3S. The zero-order valence-corrected chi connectivity index (χ0v) is 10.9. The van der Waals surface area contributed by atoms with E-state index in [1.807, 2.05) is 25.1 Å². The van der Waals surface area contributed by atoms with Gasteiger partial charge in [0.2, 0.25) is 5.76 Å². The zero-order chi connectivity index (χ0) is 13.0. The Morgan fingerprint density at radius 3 is 2.89 bits per heavy atom. The Kier molecular flexibility index (Phi) is 4.04. The second-order valence-electron chi connectivity index (χ2n) is 3.62. The molecule has 2 aromatic heterocycles. The molecule has 5 heteroatoms. The molecule has 0 aliphatic rings. The molecule has 0 aliphatic heterocycles. The second-order valence-corrected chi connectivity index (χ2v) is 4.98. The first-order valence-corrected chi connectivity index (χ1v) is 6.34. The summed E-state index contributed by atoms with van der Waals surface area (Å²) in [5, 5.41) is 0.999. The van der Waals surface area contributed by atoms with Crippen LogP contribution in [0.1, 0.15) is 28.5 Å². The van der Waals surface area contributed by atoms with Crippen molar-refractivity contribution in [2.45, 2.75) is 17.2 Å². The van der Waals surface area contributed by atoms with Crippen molar-refractivity contribution in [2.75, 3.05) is 7.11 Å². The van der Waals surface area contributed by atoms with E-state index < -0.39 is 5.97 Å². The molecule has 2 rings (SSSR count).